The molecule has 0 aromatic heterocycles. The summed E-state index contributed by atoms with van der Waals surface area (Å²) in [6, 6.07) is 25.5. The number of carbonyl (C=O) groups excluding carboxylic acids is 1. The highest BCUT2D eigenvalue weighted by molar-refractivity contribution is 5.92. The van der Waals surface area contributed by atoms with E-state index in [9.17, 15) is 9.90 Å². The molecule has 27 heavy (non-hydrogen) atoms. The van der Waals surface area contributed by atoms with Crippen molar-refractivity contribution >= 4 is 11.7 Å². The van der Waals surface area contributed by atoms with Crippen molar-refractivity contribution in [3.05, 3.63) is 90.5 Å². The fourth-order valence-electron chi connectivity index (χ4n) is 2.66. The van der Waals surface area contributed by atoms with E-state index >= 15 is 0 Å². The lowest BCUT2D eigenvalue weighted by molar-refractivity contribution is 0.180. The van der Waals surface area contributed by atoms with Crippen molar-refractivity contribution in [1.82, 2.24) is 5.32 Å². The summed E-state index contributed by atoms with van der Waals surface area (Å²) >= 11 is 0. The number of nitrogens with one attached hydrogen (secondary N) is 1. The van der Waals surface area contributed by atoms with E-state index in [-0.39, 0.29) is 11.8 Å². The van der Waals surface area contributed by atoms with Gasteiger partial charge in [-0.05, 0) is 48.9 Å². The van der Waals surface area contributed by atoms with Crippen LogP contribution < -0.4 is 15.0 Å². The van der Waals surface area contributed by atoms with Gasteiger partial charge in [0.25, 0.3) is 0 Å². The molecular weight excluding hydrogens is 340 g/mol. The number of phenolic OH excluding ortho intramolecular Hbond substituents is 1. The van der Waals surface area contributed by atoms with Crippen LogP contribution in [0.5, 0.6) is 11.5 Å². The van der Waals surface area contributed by atoms with Gasteiger partial charge >= 0.3 is 6.03 Å². The van der Waals surface area contributed by atoms with Crippen LogP contribution >= 0.6 is 0 Å². The Labute approximate surface area is 158 Å². The topological polar surface area (TPSA) is 61.8 Å². The third-order valence-corrected chi connectivity index (χ3v) is 3.97. The monoisotopic (exact) mass is 362 g/mol. The number of phenols is 1. The fraction of sp³-hybridized carbons (Fsp3) is 0.136. The molecule has 0 fully saturated rings. The number of aromatic hydroxyl groups is 1. The Balaban J connectivity index is 1.71. The molecule has 0 spiro atoms. The Kier molecular flexibility index (Phi) is 5.94. The summed E-state index contributed by atoms with van der Waals surface area (Å²) in [4.78, 5) is 14.6. The van der Waals surface area contributed by atoms with Crippen LogP contribution in [0, 0.1) is 0 Å². The van der Waals surface area contributed by atoms with Crippen molar-refractivity contribution in [3.63, 3.8) is 0 Å². The molecule has 0 aliphatic rings. The van der Waals surface area contributed by atoms with Gasteiger partial charge in [-0.1, -0.05) is 48.5 Å². The third kappa shape index (κ3) is 5.25. The van der Waals surface area contributed by atoms with Crippen molar-refractivity contribution in [2.75, 3.05) is 4.90 Å². The molecule has 1 unspecified atom stereocenters. The summed E-state index contributed by atoms with van der Waals surface area (Å²) in [7, 11) is 0. The molecule has 2 amide bonds. The van der Waals surface area contributed by atoms with Gasteiger partial charge in [0.05, 0.1) is 6.54 Å². The van der Waals surface area contributed by atoms with E-state index in [1.807, 2.05) is 60.7 Å². The van der Waals surface area contributed by atoms with Crippen LogP contribution in [0.3, 0.4) is 0 Å². The molecule has 138 valence electrons. The maximum atomic E-state index is 12.9. The number of ether oxygens (including phenoxy) is 1. The number of rotatable bonds is 6. The number of para-hydroxylation sites is 1. The Bertz CT molecular complexity index is 852. The molecule has 3 aromatic carbocycles. The minimum absolute atomic E-state index is 0.164. The molecule has 5 nitrogen and oxygen atoms in total. The van der Waals surface area contributed by atoms with Crippen LogP contribution in [0.25, 0.3) is 0 Å². The lowest BCUT2D eigenvalue weighted by atomic mass is 10.2. The van der Waals surface area contributed by atoms with Gasteiger partial charge in [-0.2, -0.15) is 0 Å². The summed E-state index contributed by atoms with van der Waals surface area (Å²) in [5, 5.41) is 12.2. The quantitative estimate of drug-likeness (QED) is 0.633. The van der Waals surface area contributed by atoms with E-state index in [2.05, 4.69) is 5.32 Å². The first kappa shape index (κ1) is 18.3. The van der Waals surface area contributed by atoms with Gasteiger partial charge in [0.1, 0.15) is 11.5 Å². The molecule has 0 saturated heterocycles. The molecule has 3 rings (SSSR count). The lowest BCUT2D eigenvalue weighted by Gasteiger charge is -2.26. The number of anilines is 1. The Morgan fingerprint density at radius 2 is 1.56 bits per heavy atom. The summed E-state index contributed by atoms with van der Waals surface area (Å²) < 4.78 is 5.71. The van der Waals surface area contributed by atoms with E-state index in [0.717, 1.165) is 11.3 Å². The van der Waals surface area contributed by atoms with Crippen molar-refractivity contribution in [1.29, 1.82) is 0 Å². The average molecular weight is 362 g/mol. The Morgan fingerprint density at radius 1 is 0.963 bits per heavy atom. The predicted molar refractivity (Wildman–Crippen MR) is 106 cm³/mol. The Morgan fingerprint density at radius 3 is 2.19 bits per heavy atom. The molecule has 1 atom stereocenters. The van der Waals surface area contributed by atoms with Gasteiger partial charge in [0.15, 0.2) is 6.23 Å². The molecule has 2 N–H and O–H groups in total. The van der Waals surface area contributed by atoms with E-state index in [1.165, 1.54) is 12.1 Å². The van der Waals surface area contributed by atoms with E-state index in [0.29, 0.717) is 12.3 Å². The minimum Gasteiger partial charge on any atom is -0.508 e. The van der Waals surface area contributed by atoms with Crippen LogP contribution in [0.1, 0.15) is 12.5 Å². The van der Waals surface area contributed by atoms with Gasteiger partial charge in [0, 0.05) is 5.69 Å². The van der Waals surface area contributed by atoms with Crippen molar-refractivity contribution in [2.45, 2.75) is 19.7 Å². The van der Waals surface area contributed by atoms with Crippen LogP contribution in [0.4, 0.5) is 10.5 Å². The molecule has 0 aliphatic heterocycles. The molecule has 0 radical (unpaired) electrons. The highest BCUT2D eigenvalue weighted by Gasteiger charge is 2.18. The zero-order valence-corrected chi connectivity index (χ0v) is 15.1. The van der Waals surface area contributed by atoms with Crippen molar-refractivity contribution < 1.29 is 14.6 Å². The number of urea groups is 1. The molecule has 0 heterocycles. The maximum absolute atomic E-state index is 12.9. The highest BCUT2D eigenvalue weighted by atomic mass is 16.5. The van der Waals surface area contributed by atoms with Crippen molar-refractivity contribution in [2.24, 2.45) is 0 Å². The van der Waals surface area contributed by atoms with Gasteiger partial charge in [-0.3, -0.25) is 4.90 Å². The first-order chi connectivity index (χ1) is 13.1. The largest absolute Gasteiger partial charge is 0.508 e. The van der Waals surface area contributed by atoms with Crippen LogP contribution in [0.15, 0.2) is 84.9 Å². The lowest BCUT2D eigenvalue weighted by Crippen LogP contribution is -2.45. The standard InChI is InChI=1S/C22H22N2O3/c1-17(27-21-14-12-20(25)13-15-21)23-22(26)24(19-10-6-3-7-11-19)16-18-8-4-2-5-9-18/h2-15,17,25H,16H2,1H3,(H,23,26). The number of hydrogen-bond donors (Lipinski definition) is 2. The summed E-state index contributed by atoms with van der Waals surface area (Å²) in [5.41, 5.74) is 1.83. The van der Waals surface area contributed by atoms with Gasteiger partial charge in [-0.25, -0.2) is 4.79 Å². The van der Waals surface area contributed by atoms with E-state index < -0.39 is 6.23 Å². The van der Waals surface area contributed by atoms with Gasteiger partial charge in [-0.15, -0.1) is 0 Å². The third-order valence-electron chi connectivity index (χ3n) is 3.97. The van der Waals surface area contributed by atoms with Crippen LogP contribution in [-0.2, 0) is 6.54 Å². The Hall–Kier alpha value is -3.47. The summed E-state index contributed by atoms with van der Waals surface area (Å²) in [6.07, 6.45) is -0.538. The zero-order chi connectivity index (χ0) is 19.1. The first-order valence-corrected chi connectivity index (χ1v) is 8.74. The van der Waals surface area contributed by atoms with Gasteiger partial charge < -0.3 is 15.2 Å². The van der Waals surface area contributed by atoms with Crippen LogP contribution in [-0.4, -0.2) is 17.4 Å². The van der Waals surface area contributed by atoms with E-state index in [1.54, 1.807) is 24.0 Å². The molecule has 0 bridgehead atoms. The second-order valence-corrected chi connectivity index (χ2v) is 6.11. The van der Waals surface area contributed by atoms with Crippen LogP contribution in [0.2, 0.25) is 0 Å². The molecular formula is C22H22N2O3. The highest BCUT2D eigenvalue weighted by Crippen LogP contribution is 2.19. The summed E-state index contributed by atoms with van der Waals surface area (Å²) in [5.74, 6) is 0.729. The van der Waals surface area contributed by atoms with E-state index in [4.69, 9.17) is 4.74 Å². The molecule has 5 heteroatoms. The second-order valence-electron chi connectivity index (χ2n) is 6.11. The molecule has 3 aromatic rings. The zero-order valence-electron chi connectivity index (χ0n) is 15.1. The summed E-state index contributed by atoms with van der Waals surface area (Å²) in [6.45, 7) is 2.21. The number of hydrogen-bond acceptors (Lipinski definition) is 3. The SMILES string of the molecule is CC(NC(=O)N(Cc1ccccc1)c1ccccc1)Oc1ccc(O)cc1. The number of amides is 2. The number of carbonyl (C=O) groups is 1. The first-order valence-electron chi connectivity index (χ1n) is 8.74. The average Bonchev–Trinajstić information content (AvgIpc) is 2.69. The van der Waals surface area contributed by atoms with Crippen molar-refractivity contribution in [3.8, 4) is 11.5 Å². The fourth-order valence-corrected chi connectivity index (χ4v) is 2.66. The normalized spacial score (nSPS) is 11.4. The molecule has 0 aliphatic carbocycles. The predicted octanol–water partition coefficient (Wildman–Crippen LogP) is 4.53. The number of benzene rings is 3. The minimum atomic E-state index is -0.538. The second kappa shape index (κ2) is 8.76. The van der Waals surface area contributed by atoms with Gasteiger partial charge in [0.2, 0.25) is 0 Å². The maximum Gasteiger partial charge on any atom is 0.325 e. The molecule has 0 saturated carbocycles. The smallest absolute Gasteiger partial charge is 0.325 e. The number of nitrogens with zero attached hydrogens (tertiary/aromatic N) is 1.